The smallest absolute Gasteiger partial charge is 0.340 e. The van der Waals surface area contributed by atoms with Gasteiger partial charge in [-0.05, 0) is 0 Å². The van der Waals surface area contributed by atoms with E-state index in [1.165, 1.54) is 0 Å². The Hall–Kier alpha value is -0.500. The maximum absolute atomic E-state index is 12.2. The van der Waals surface area contributed by atoms with Crippen molar-refractivity contribution in [2.45, 2.75) is 24.6 Å². The zero-order valence-electron chi connectivity index (χ0n) is 6.71. The number of hydrogen-bond donors (Lipinski definition) is 0. The summed E-state index contributed by atoms with van der Waals surface area (Å²) in [4.78, 5) is 0. The molecular weight excluding hydrogens is 218 g/mol. The molecule has 84 valence electrons. The van der Waals surface area contributed by atoms with Gasteiger partial charge in [0, 0.05) is 0 Å². The van der Waals surface area contributed by atoms with E-state index in [1.807, 2.05) is 0 Å². The molecule has 14 heavy (non-hydrogen) atoms. The molecule has 1 saturated heterocycles. The first-order chi connectivity index (χ1) is 6.16. The van der Waals surface area contributed by atoms with Gasteiger partial charge in [0.1, 0.15) is 6.42 Å². The Bertz CT molecular complexity index is 201. The van der Waals surface area contributed by atoms with Crippen LogP contribution in [0.1, 0.15) is 6.42 Å². The van der Waals surface area contributed by atoms with Crippen molar-refractivity contribution in [3.8, 4) is 0 Å². The van der Waals surface area contributed by atoms with Gasteiger partial charge in [0.2, 0.25) is 0 Å². The predicted octanol–water partition coefficient (Wildman–Crippen LogP) is 2.24. The first kappa shape index (κ1) is 11.6. The van der Waals surface area contributed by atoms with Crippen molar-refractivity contribution < 1.29 is 35.8 Å². The fourth-order valence-corrected chi connectivity index (χ4v) is 1.08. The number of rotatable bonds is 1. The van der Waals surface area contributed by atoms with Crippen molar-refractivity contribution in [2.75, 3.05) is 13.2 Å². The van der Waals surface area contributed by atoms with Crippen molar-refractivity contribution >= 4 is 0 Å². The molecule has 0 aliphatic carbocycles. The van der Waals surface area contributed by atoms with Crippen LogP contribution in [0, 0.1) is 0 Å². The molecule has 0 aromatic heterocycles. The molecule has 1 fully saturated rings. The zero-order chi connectivity index (χ0) is 11.0. The van der Waals surface area contributed by atoms with Gasteiger partial charge < -0.3 is 9.47 Å². The number of halogens is 6. The minimum Gasteiger partial charge on any atom is -0.340 e. The first-order valence-corrected chi connectivity index (χ1v) is 3.58. The molecule has 8 heteroatoms. The normalized spacial score (nSPS) is 22.7. The molecule has 0 N–H and O–H groups in total. The molecule has 1 aliphatic heterocycles. The van der Waals surface area contributed by atoms with Crippen molar-refractivity contribution in [1.29, 1.82) is 0 Å². The molecule has 0 spiro atoms. The average Bonchev–Trinajstić information content (AvgIpc) is 2.31. The highest BCUT2D eigenvalue weighted by molar-refractivity contribution is 4.85. The standard InChI is InChI=1S/C6H6F6O2/c7-5(8,9)3-4(6(10,11)12)13-1-2-14-4/h1-3H2. The van der Waals surface area contributed by atoms with Gasteiger partial charge in [0.05, 0.1) is 13.2 Å². The van der Waals surface area contributed by atoms with Crippen LogP contribution in [0.3, 0.4) is 0 Å². The minimum absolute atomic E-state index is 0.490. The van der Waals surface area contributed by atoms with Crippen molar-refractivity contribution in [3.63, 3.8) is 0 Å². The molecule has 0 aromatic rings. The third-order valence-electron chi connectivity index (χ3n) is 1.62. The van der Waals surface area contributed by atoms with Gasteiger partial charge in [0.25, 0.3) is 5.79 Å². The van der Waals surface area contributed by atoms with Gasteiger partial charge in [-0.15, -0.1) is 0 Å². The molecule has 0 saturated carbocycles. The third-order valence-corrected chi connectivity index (χ3v) is 1.62. The Balaban J connectivity index is 2.83. The Labute approximate surface area is 74.8 Å². The molecular formula is C6H6F6O2. The summed E-state index contributed by atoms with van der Waals surface area (Å²) in [7, 11) is 0. The fraction of sp³-hybridized carbons (Fsp3) is 1.00. The monoisotopic (exact) mass is 224 g/mol. The van der Waals surface area contributed by atoms with Gasteiger partial charge in [-0.25, -0.2) is 0 Å². The van der Waals surface area contributed by atoms with Crippen LogP contribution in [0.25, 0.3) is 0 Å². The van der Waals surface area contributed by atoms with E-state index in [4.69, 9.17) is 0 Å². The fourth-order valence-electron chi connectivity index (χ4n) is 1.08. The second-order valence-electron chi connectivity index (χ2n) is 2.74. The Kier molecular flexibility index (Phi) is 2.70. The van der Waals surface area contributed by atoms with E-state index in [1.54, 1.807) is 0 Å². The second-order valence-corrected chi connectivity index (χ2v) is 2.74. The van der Waals surface area contributed by atoms with E-state index in [9.17, 15) is 26.3 Å². The number of ether oxygens (including phenoxy) is 2. The van der Waals surface area contributed by atoms with Crippen LogP contribution in [0.5, 0.6) is 0 Å². The van der Waals surface area contributed by atoms with Crippen LogP contribution in [0.2, 0.25) is 0 Å². The Morgan fingerprint density at radius 1 is 0.929 bits per heavy atom. The number of alkyl halides is 6. The van der Waals surface area contributed by atoms with Gasteiger partial charge in [-0.1, -0.05) is 0 Å². The molecule has 0 aromatic carbocycles. The van der Waals surface area contributed by atoms with Crippen LogP contribution in [0.4, 0.5) is 26.3 Å². The predicted molar refractivity (Wildman–Crippen MR) is 31.4 cm³/mol. The lowest BCUT2D eigenvalue weighted by atomic mass is 10.2. The van der Waals surface area contributed by atoms with E-state index < -0.39 is 37.8 Å². The molecule has 0 radical (unpaired) electrons. The summed E-state index contributed by atoms with van der Waals surface area (Å²) in [5.41, 5.74) is 0. The summed E-state index contributed by atoms with van der Waals surface area (Å²) < 4.78 is 80.1. The topological polar surface area (TPSA) is 18.5 Å². The van der Waals surface area contributed by atoms with Crippen molar-refractivity contribution in [2.24, 2.45) is 0 Å². The molecule has 0 amide bonds. The first-order valence-electron chi connectivity index (χ1n) is 3.58. The van der Waals surface area contributed by atoms with Crippen molar-refractivity contribution in [3.05, 3.63) is 0 Å². The minimum atomic E-state index is -5.18. The van der Waals surface area contributed by atoms with Crippen LogP contribution in [-0.4, -0.2) is 31.4 Å². The highest BCUT2D eigenvalue weighted by Gasteiger charge is 2.64. The quantitative estimate of drug-likeness (QED) is 0.636. The lowest BCUT2D eigenvalue weighted by Gasteiger charge is -2.30. The van der Waals surface area contributed by atoms with Gasteiger partial charge in [-0.2, -0.15) is 26.3 Å². The largest absolute Gasteiger partial charge is 0.443 e. The summed E-state index contributed by atoms with van der Waals surface area (Å²) in [5, 5.41) is 0. The van der Waals surface area contributed by atoms with Crippen LogP contribution >= 0.6 is 0 Å². The SMILES string of the molecule is FC(F)(F)CC1(C(F)(F)F)OCCO1. The molecule has 0 atom stereocenters. The molecule has 2 nitrogen and oxygen atoms in total. The van der Waals surface area contributed by atoms with Crippen LogP contribution in [-0.2, 0) is 9.47 Å². The summed E-state index contributed by atoms with van der Waals surface area (Å²) in [6.07, 6.45) is -12.3. The van der Waals surface area contributed by atoms with E-state index in [0.717, 1.165) is 0 Å². The molecule has 0 unspecified atom stereocenters. The lowest BCUT2D eigenvalue weighted by molar-refractivity contribution is -0.368. The van der Waals surface area contributed by atoms with Crippen molar-refractivity contribution in [1.82, 2.24) is 0 Å². The lowest BCUT2D eigenvalue weighted by Crippen LogP contribution is -2.49. The van der Waals surface area contributed by atoms with E-state index in [-0.39, 0.29) is 0 Å². The highest BCUT2D eigenvalue weighted by atomic mass is 19.4. The van der Waals surface area contributed by atoms with Gasteiger partial charge in [-0.3, -0.25) is 0 Å². The van der Waals surface area contributed by atoms with E-state index >= 15 is 0 Å². The average molecular weight is 224 g/mol. The van der Waals surface area contributed by atoms with E-state index in [0.29, 0.717) is 0 Å². The maximum atomic E-state index is 12.2. The van der Waals surface area contributed by atoms with Gasteiger partial charge in [0.15, 0.2) is 0 Å². The third kappa shape index (κ3) is 2.30. The summed E-state index contributed by atoms with van der Waals surface area (Å²) >= 11 is 0. The van der Waals surface area contributed by atoms with Crippen LogP contribution in [0.15, 0.2) is 0 Å². The number of hydrogen-bond acceptors (Lipinski definition) is 2. The van der Waals surface area contributed by atoms with E-state index in [2.05, 4.69) is 9.47 Å². The Morgan fingerprint density at radius 2 is 1.36 bits per heavy atom. The molecule has 0 bridgehead atoms. The van der Waals surface area contributed by atoms with Crippen LogP contribution < -0.4 is 0 Å². The maximum Gasteiger partial charge on any atom is 0.443 e. The summed E-state index contributed by atoms with van der Waals surface area (Å²) in [5.74, 6) is -3.51. The second kappa shape index (κ2) is 3.27. The summed E-state index contributed by atoms with van der Waals surface area (Å²) in [6, 6.07) is 0. The molecule has 1 rings (SSSR count). The Morgan fingerprint density at radius 3 is 1.64 bits per heavy atom. The summed E-state index contributed by atoms with van der Waals surface area (Å²) in [6.45, 7) is -0.981. The highest BCUT2D eigenvalue weighted by Crippen LogP contribution is 2.44. The zero-order valence-corrected chi connectivity index (χ0v) is 6.71. The molecule has 1 heterocycles. The van der Waals surface area contributed by atoms with Gasteiger partial charge >= 0.3 is 12.4 Å². The molecule has 1 aliphatic rings.